The Labute approximate surface area is 80.6 Å². The van der Waals surface area contributed by atoms with Gasteiger partial charge in [0.1, 0.15) is 0 Å². The molecule has 0 aliphatic carbocycles. The molecule has 3 heteroatoms. The fraction of sp³-hybridized carbons (Fsp3) is 1.00. The van der Waals surface area contributed by atoms with Gasteiger partial charge in [0.25, 0.3) is 0 Å². The van der Waals surface area contributed by atoms with Crippen LogP contribution in [0.15, 0.2) is 0 Å². The van der Waals surface area contributed by atoms with Gasteiger partial charge in [0.15, 0.2) is 0 Å². The Balaban J connectivity index is 1.96. The normalized spacial score (nSPS) is 39.7. The van der Waals surface area contributed by atoms with E-state index < -0.39 is 0 Å². The molecule has 2 heterocycles. The Bertz CT molecular complexity index is 158. The zero-order valence-electron chi connectivity index (χ0n) is 8.50. The molecular weight excluding hydrogens is 162 g/mol. The van der Waals surface area contributed by atoms with Gasteiger partial charge in [0, 0.05) is 18.1 Å². The van der Waals surface area contributed by atoms with Gasteiger partial charge in [-0.05, 0) is 38.6 Å². The van der Waals surface area contributed by atoms with E-state index in [4.69, 9.17) is 5.84 Å². The second-order valence-corrected chi connectivity index (χ2v) is 4.46. The number of nitrogens with two attached hydrogens (primary N) is 1. The zero-order chi connectivity index (χ0) is 9.26. The quantitative estimate of drug-likeness (QED) is 0.503. The highest BCUT2D eigenvalue weighted by atomic mass is 15.3. The summed E-state index contributed by atoms with van der Waals surface area (Å²) >= 11 is 0. The van der Waals surface area contributed by atoms with Crippen LogP contribution in [0.4, 0.5) is 0 Å². The van der Waals surface area contributed by atoms with Crippen LogP contribution >= 0.6 is 0 Å². The molecule has 0 unspecified atom stereocenters. The molecule has 0 saturated carbocycles. The minimum atomic E-state index is 0.575. The number of piperidine rings is 1. The lowest BCUT2D eigenvalue weighted by atomic mass is 9.98. The number of fused-ring (bicyclic) bond motifs is 2. The van der Waals surface area contributed by atoms with Crippen LogP contribution < -0.4 is 11.3 Å². The van der Waals surface area contributed by atoms with E-state index in [1.165, 1.54) is 38.6 Å². The van der Waals surface area contributed by atoms with Crippen molar-refractivity contribution in [2.24, 2.45) is 5.84 Å². The smallest absolute Gasteiger partial charge is 0.0240 e. The van der Waals surface area contributed by atoms with Crippen molar-refractivity contribution in [3.05, 3.63) is 0 Å². The first kappa shape index (κ1) is 9.44. The van der Waals surface area contributed by atoms with E-state index >= 15 is 0 Å². The molecular formula is C10H21N3. The second-order valence-electron chi connectivity index (χ2n) is 4.46. The van der Waals surface area contributed by atoms with Crippen LogP contribution in [0.1, 0.15) is 39.0 Å². The minimum absolute atomic E-state index is 0.575. The summed E-state index contributed by atoms with van der Waals surface area (Å²) in [5, 5.41) is 0. The molecule has 0 aromatic carbocycles. The topological polar surface area (TPSA) is 41.3 Å². The highest BCUT2D eigenvalue weighted by Crippen LogP contribution is 2.35. The number of hydrogen-bond acceptors (Lipinski definition) is 3. The number of nitrogens with zero attached hydrogens (tertiary/aromatic N) is 1. The van der Waals surface area contributed by atoms with Crippen molar-refractivity contribution in [1.82, 2.24) is 10.3 Å². The van der Waals surface area contributed by atoms with E-state index in [0.717, 1.165) is 12.1 Å². The standard InChI is InChI=1S/C10H21N3/c1-2-5-13-9-3-4-10(13)7-8(6-9)12-11/h8-10,12H,2-7,11H2,1H3/t9-,10-/m0/s1. The second kappa shape index (κ2) is 3.95. The minimum Gasteiger partial charge on any atom is -0.297 e. The Kier molecular flexibility index (Phi) is 2.86. The average molecular weight is 183 g/mol. The Hall–Kier alpha value is -0.120. The van der Waals surface area contributed by atoms with Gasteiger partial charge in [-0.3, -0.25) is 16.2 Å². The summed E-state index contributed by atoms with van der Waals surface area (Å²) in [6.07, 6.45) is 6.58. The van der Waals surface area contributed by atoms with E-state index in [1.54, 1.807) is 0 Å². The first-order valence-corrected chi connectivity index (χ1v) is 5.57. The van der Waals surface area contributed by atoms with Crippen LogP contribution in [0.3, 0.4) is 0 Å². The van der Waals surface area contributed by atoms with Gasteiger partial charge in [-0.1, -0.05) is 6.92 Å². The Morgan fingerprint density at radius 1 is 1.31 bits per heavy atom. The van der Waals surface area contributed by atoms with Gasteiger partial charge in [-0.25, -0.2) is 0 Å². The third kappa shape index (κ3) is 1.73. The Morgan fingerprint density at radius 3 is 2.38 bits per heavy atom. The highest BCUT2D eigenvalue weighted by Gasteiger charge is 2.39. The molecule has 0 aromatic heterocycles. The molecule has 2 rings (SSSR count). The van der Waals surface area contributed by atoms with Crippen molar-refractivity contribution < 1.29 is 0 Å². The van der Waals surface area contributed by atoms with Gasteiger partial charge in [-0.2, -0.15) is 0 Å². The molecule has 13 heavy (non-hydrogen) atoms. The molecule has 0 aromatic rings. The van der Waals surface area contributed by atoms with Crippen LogP contribution in [0.5, 0.6) is 0 Å². The average Bonchev–Trinajstić information content (AvgIpc) is 2.39. The lowest BCUT2D eigenvalue weighted by Gasteiger charge is -2.38. The van der Waals surface area contributed by atoms with Crippen LogP contribution in [0, 0.1) is 0 Å². The molecule has 2 bridgehead atoms. The summed E-state index contributed by atoms with van der Waals surface area (Å²) in [5.74, 6) is 5.51. The summed E-state index contributed by atoms with van der Waals surface area (Å²) in [5.41, 5.74) is 2.94. The molecule has 3 nitrogen and oxygen atoms in total. The summed E-state index contributed by atoms with van der Waals surface area (Å²) in [4.78, 5) is 2.70. The van der Waals surface area contributed by atoms with E-state index in [9.17, 15) is 0 Å². The van der Waals surface area contributed by atoms with Gasteiger partial charge in [-0.15, -0.1) is 0 Å². The maximum atomic E-state index is 5.51. The lowest BCUT2D eigenvalue weighted by molar-refractivity contribution is 0.117. The maximum Gasteiger partial charge on any atom is 0.0240 e. The fourth-order valence-electron chi connectivity index (χ4n) is 3.03. The van der Waals surface area contributed by atoms with E-state index in [-0.39, 0.29) is 0 Å². The molecule has 0 radical (unpaired) electrons. The van der Waals surface area contributed by atoms with E-state index in [2.05, 4.69) is 17.2 Å². The van der Waals surface area contributed by atoms with Crippen LogP contribution in [0.25, 0.3) is 0 Å². The molecule has 2 saturated heterocycles. The number of rotatable bonds is 3. The third-order valence-electron chi connectivity index (χ3n) is 3.60. The first-order chi connectivity index (χ1) is 6.35. The lowest BCUT2D eigenvalue weighted by Crippen LogP contribution is -2.50. The van der Waals surface area contributed by atoms with Crippen molar-refractivity contribution in [1.29, 1.82) is 0 Å². The summed E-state index contributed by atoms with van der Waals surface area (Å²) < 4.78 is 0. The molecule has 2 fully saturated rings. The zero-order valence-corrected chi connectivity index (χ0v) is 8.50. The highest BCUT2D eigenvalue weighted by molar-refractivity contribution is 4.96. The largest absolute Gasteiger partial charge is 0.297 e. The van der Waals surface area contributed by atoms with Crippen molar-refractivity contribution in [2.75, 3.05) is 6.54 Å². The first-order valence-electron chi connectivity index (χ1n) is 5.57. The number of nitrogens with one attached hydrogen (secondary N) is 1. The summed E-state index contributed by atoms with van der Waals surface area (Å²) in [6, 6.07) is 2.21. The van der Waals surface area contributed by atoms with Gasteiger partial charge < -0.3 is 0 Å². The number of hydrogen-bond donors (Lipinski definition) is 2. The Morgan fingerprint density at radius 2 is 1.92 bits per heavy atom. The molecule has 3 N–H and O–H groups in total. The molecule has 2 aliphatic heterocycles. The molecule has 0 spiro atoms. The van der Waals surface area contributed by atoms with Crippen LogP contribution in [-0.4, -0.2) is 29.6 Å². The molecule has 2 aliphatic rings. The molecule has 76 valence electrons. The van der Waals surface area contributed by atoms with Gasteiger partial charge in [0.2, 0.25) is 0 Å². The van der Waals surface area contributed by atoms with Gasteiger partial charge >= 0.3 is 0 Å². The number of hydrazine groups is 1. The van der Waals surface area contributed by atoms with Crippen molar-refractivity contribution in [2.45, 2.75) is 57.2 Å². The van der Waals surface area contributed by atoms with E-state index in [1.807, 2.05) is 0 Å². The van der Waals surface area contributed by atoms with Crippen molar-refractivity contribution in [3.8, 4) is 0 Å². The van der Waals surface area contributed by atoms with E-state index in [0.29, 0.717) is 6.04 Å². The predicted octanol–water partition coefficient (Wildman–Crippen LogP) is 0.855. The molecule has 0 amide bonds. The van der Waals surface area contributed by atoms with Crippen LogP contribution in [-0.2, 0) is 0 Å². The van der Waals surface area contributed by atoms with Crippen molar-refractivity contribution >= 4 is 0 Å². The van der Waals surface area contributed by atoms with Crippen LogP contribution in [0.2, 0.25) is 0 Å². The maximum absolute atomic E-state index is 5.51. The van der Waals surface area contributed by atoms with Crippen molar-refractivity contribution in [3.63, 3.8) is 0 Å². The summed E-state index contributed by atoms with van der Waals surface area (Å²) in [7, 11) is 0. The monoisotopic (exact) mass is 183 g/mol. The third-order valence-corrected chi connectivity index (χ3v) is 3.60. The predicted molar refractivity (Wildman–Crippen MR) is 54.2 cm³/mol. The SMILES string of the molecule is CCCN1[C@H]2CC[C@H]1CC(NN)C2. The summed E-state index contributed by atoms with van der Waals surface area (Å²) in [6.45, 7) is 3.55. The molecule has 2 atom stereocenters. The van der Waals surface area contributed by atoms with Gasteiger partial charge in [0.05, 0.1) is 0 Å². The fourth-order valence-corrected chi connectivity index (χ4v) is 3.03.